The Morgan fingerprint density at radius 2 is 1.90 bits per heavy atom. The van der Waals surface area contributed by atoms with Gasteiger partial charge in [-0.05, 0) is 39.5 Å². The lowest BCUT2D eigenvalue weighted by Gasteiger charge is -2.21. The molecule has 1 unspecified atom stereocenters. The first kappa shape index (κ1) is 16.5. The van der Waals surface area contributed by atoms with Crippen LogP contribution in [0.2, 0.25) is 0 Å². The monoisotopic (exact) mass is 298 g/mol. The van der Waals surface area contributed by atoms with Crippen molar-refractivity contribution in [1.29, 1.82) is 0 Å². The quantitative estimate of drug-likeness (QED) is 0.335. The minimum absolute atomic E-state index is 0.182. The molecule has 0 radical (unpaired) electrons. The summed E-state index contributed by atoms with van der Waals surface area (Å²) in [6.07, 6.45) is -0.337. The van der Waals surface area contributed by atoms with E-state index in [4.69, 9.17) is 13.8 Å². The van der Waals surface area contributed by atoms with E-state index < -0.39 is 13.6 Å². The van der Waals surface area contributed by atoms with Gasteiger partial charge < -0.3 is 9.26 Å². The summed E-state index contributed by atoms with van der Waals surface area (Å²) in [7, 11) is -3.66. The lowest BCUT2D eigenvalue weighted by Crippen LogP contribution is -2.17. The van der Waals surface area contributed by atoms with E-state index in [1.54, 1.807) is 51.1 Å². The van der Waals surface area contributed by atoms with Crippen LogP contribution >= 0.6 is 7.60 Å². The molecule has 6 heteroatoms. The zero-order valence-corrected chi connectivity index (χ0v) is 12.8. The number of rotatable bonds is 7. The molecular weight excluding hydrogens is 279 g/mol. The molecule has 110 valence electrons. The van der Waals surface area contributed by atoms with E-state index >= 15 is 0 Å². The highest BCUT2D eigenvalue weighted by molar-refractivity contribution is 7.62. The zero-order chi connectivity index (χ0) is 15.2. The summed E-state index contributed by atoms with van der Waals surface area (Å²) in [4.78, 5) is 11.5. The molecule has 5 nitrogen and oxygen atoms in total. The molecule has 0 aromatic heterocycles. The summed E-state index contributed by atoms with van der Waals surface area (Å²) in [5, 5.41) is 0.360. The van der Waals surface area contributed by atoms with Crippen LogP contribution in [0.3, 0.4) is 0 Å². The van der Waals surface area contributed by atoms with Crippen molar-refractivity contribution in [3.8, 4) is 0 Å². The van der Waals surface area contributed by atoms with Crippen LogP contribution in [-0.2, 0) is 23.1 Å². The standard InChI is InChI=1S/C14H19O5P/c1-5-17-14(15)12(4)19-20(16,18-11(2)3)13-9-7-6-8-10-13/h6-11H,4-5H2,1-3H3. The highest BCUT2D eigenvalue weighted by Gasteiger charge is 2.32. The van der Waals surface area contributed by atoms with Crippen molar-refractivity contribution in [3.05, 3.63) is 42.7 Å². The van der Waals surface area contributed by atoms with E-state index in [1.165, 1.54) is 0 Å². The Morgan fingerprint density at radius 3 is 2.40 bits per heavy atom. The average Bonchev–Trinajstić information content (AvgIpc) is 2.39. The second kappa shape index (κ2) is 7.27. The maximum absolute atomic E-state index is 12.8. The van der Waals surface area contributed by atoms with Crippen LogP contribution in [0.4, 0.5) is 0 Å². The molecule has 0 amide bonds. The van der Waals surface area contributed by atoms with Crippen molar-refractivity contribution in [1.82, 2.24) is 0 Å². The summed E-state index contributed by atoms with van der Waals surface area (Å²) < 4.78 is 28.2. The minimum atomic E-state index is -3.66. The van der Waals surface area contributed by atoms with Gasteiger partial charge in [0.25, 0.3) is 0 Å². The first-order chi connectivity index (χ1) is 9.39. The Labute approximate surface area is 119 Å². The summed E-state index contributed by atoms with van der Waals surface area (Å²) in [5.74, 6) is -1.09. The Hall–Kier alpha value is -1.58. The fourth-order valence-corrected chi connectivity index (χ4v) is 3.14. The number of carbonyl (C=O) groups is 1. The van der Waals surface area contributed by atoms with Gasteiger partial charge in [0.15, 0.2) is 0 Å². The SMILES string of the molecule is C=C(OP(=O)(OC(C)C)c1ccccc1)C(=O)OCC. The summed E-state index contributed by atoms with van der Waals surface area (Å²) in [6, 6.07) is 8.43. The second-order valence-corrected chi connectivity index (χ2v) is 6.13. The summed E-state index contributed by atoms with van der Waals surface area (Å²) in [6.45, 7) is 8.74. The van der Waals surface area contributed by atoms with Crippen LogP contribution in [-0.4, -0.2) is 18.7 Å². The number of ether oxygens (including phenoxy) is 1. The van der Waals surface area contributed by atoms with E-state index in [1.807, 2.05) is 0 Å². The van der Waals surface area contributed by atoms with Gasteiger partial charge >= 0.3 is 13.6 Å². The Balaban J connectivity index is 2.99. The molecule has 20 heavy (non-hydrogen) atoms. The van der Waals surface area contributed by atoms with Crippen LogP contribution in [0.15, 0.2) is 42.7 Å². The third kappa shape index (κ3) is 4.51. The van der Waals surface area contributed by atoms with Gasteiger partial charge in [-0.2, -0.15) is 0 Å². The van der Waals surface area contributed by atoms with Crippen molar-refractivity contribution in [2.45, 2.75) is 26.9 Å². The molecule has 0 aliphatic carbocycles. The van der Waals surface area contributed by atoms with E-state index in [9.17, 15) is 9.36 Å². The molecule has 0 aliphatic heterocycles. The van der Waals surface area contributed by atoms with Gasteiger partial charge in [0.05, 0.1) is 18.0 Å². The fourth-order valence-electron chi connectivity index (χ4n) is 1.42. The van der Waals surface area contributed by atoms with E-state index in [2.05, 4.69) is 6.58 Å². The molecule has 1 aromatic carbocycles. The van der Waals surface area contributed by atoms with E-state index in [0.29, 0.717) is 5.30 Å². The number of carbonyl (C=O) groups excluding carboxylic acids is 1. The van der Waals surface area contributed by atoms with Gasteiger partial charge in [-0.3, -0.25) is 4.52 Å². The minimum Gasteiger partial charge on any atom is -0.460 e. The molecule has 0 fully saturated rings. The predicted molar refractivity (Wildman–Crippen MR) is 76.8 cm³/mol. The van der Waals surface area contributed by atoms with Crippen LogP contribution < -0.4 is 5.30 Å². The summed E-state index contributed by atoms with van der Waals surface area (Å²) >= 11 is 0. The lowest BCUT2D eigenvalue weighted by atomic mass is 10.4. The van der Waals surface area contributed by atoms with Crippen molar-refractivity contribution >= 4 is 18.9 Å². The molecule has 1 aromatic rings. The first-order valence-electron chi connectivity index (χ1n) is 6.28. The number of benzene rings is 1. The molecular formula is C14H19O5P. The average molecular weight is 298 g/mol. The molecule has 0 aliphatic rings. The van der Waals surface area contributed by atoms with Gasteiger partial charge in [0.2, 0.25) is 5.76 Å². The van der Waals surface area contributed by atoms with E-state index in [-0.39, 0.29) is 18.5 Å². The largest absolute Gasteiger partial charge is 0.460 e. The lowest BCUT2D eigenvalue weighted by molar-refractivity contribution is -0.141. The highest BCUT2D eigenvalue weighted by atomic mass is 31.2. The molecule has 1 atom stereocenters. The fraction of sp³-hybridized carbons (Fsp3) is 0.357. The maximum atomic E-state index is 12.8. The molecule has 0 saturated heterocycles. The van der Waals surface area contributed by atoms with Crippen LogP contribution in [0.1, 0.15) is 20.8 Å². The number of hydrogen-bond acceptors (Lipinski definition) is 5. The maximum Gasteiger partial charge on any atom is 0.411 e. The van der Waals surface area contributed by atoms with Crippen molar-refractivity contribution in [3.63, 3.8) is 0 Å². The van der Waals surface area contributed by atoms with Crippen molar-refractivity contribution in [2.24, 2.45) is 0 Å². The van der Waals surface area contributed by atoms with Crippen molar-refractivity contribution in [2.75, 3.05) is 6.61 Å². The van der Waals surface area contributed by atoms with Crippen LogP contribution in [0.25, 0.3) is 0 Å². The topological polar surface area (TPSA) is 61.8 Å². The zero-order valence-electron chi connectivity index (χ0n) is 11.9. The molecule has 0 saturated carbocycles. The molecule has 0 bridgehead atoms. The van der Waals surface area contributed by atoms with Gasteiger partial charge in [0, 0.05) is 0 Å². The number of hydrogen-bond donors (Lipinski definition) is 0. The highest BCUT2D eigenvalue weighted by Crippen LogP contribution is 2.50. The van der Waals surface area contributed by atoms with Gasteiger partial charge in [0.1, 0.15) is 0 Å². The van der Waals surface area contributed by atoms with Gasteiger partial charge in [-0.1, -0.05) is 18.2 Å². The molecule has 1 rings (SSSR count). The Kier molecular flexibility index (Phi) is 5.99. The van der Waals surface area contributed by atoms with Crippen molar-refractivity contribution < 1.29 is 23.1 Å². The van der Waals surface area contributed by atoms with Gasteiger partial charge in [-0.15, -0.1) is 0 Å². The predicted octanol–water partition coefficient (Wildman–Crippen LogP) is 3.02. The second-order valence-electron chi connectivity index (χ2n) is 4.22. The number of esters is 1. The molecule has 0 heterocycles. The first-order valence-corrected chi connectivity index (χ1v) is 7.83. The summed E-state index contributed by atoms with van der Waals surface area (Å²) in [5.41, 5.74) is 0. The normalized spacial score (nSPS) is 13.6. The third-order valence-electron chi connectivity index (χ3n) is 2.16. The molecule has 0 N–H and O–H groups in total. The smallest absolute Gasteiger partial charge is 0.411 e. The third-order valence-corrected chi connectivity index (χ3v) is 4.25. The van der Waals surface area contributed by atoms with Crippen LogP contribution in [0.5, 0.6) is 0 Å². The Bertz CT molecular complexity index is 510. The Morgan fingerprint density at radius 1 is 1.30 bits per heavy atom. The van der Waals surface area contributed by atoms with E-state index in [0.717, 1.165) is 0 Å². The van der Waals surface area contributed by atoms with Gasteiger partial charge in [-0.25, -0.2) is 9.36 Å². The van der Waals surface area contributed by atoms with Crippen LogP contribution in [0, 0.1) is 0 Å². The molecule has 0 spiro atoms.